The van der Waals surface area contributed by atoms with Gasteiger partial charge in [0, 0.05) is 18.0 Å². The molecular weight excluding hydrogens is 228 g/mol. The van der Waals surface area contributed by atoms with E-state index in [1.54, 1.807) is 6.92 Å². The molecular formula is C14H22N2O2. The summed E-state index contributed by atoms with van der Waals surface area (Å²) in [6.45, 7) is 3.77. The lowest BCUT2D eigenvalue weighted by molar-refractivity contribution is -0.141. The Morgan fingerprint density at radius 3 is 2.72 bits per heavy atom. The number of nitrogens with one attached hydrogen (secondary N) is 1. The van der Waals surface area contributed by atoms with Crippen molar-refractivity contribution in [3.05, 3.63) is 17.2 Å². The van der Waals surface area contributed by atoms with Gasteiger partial charge < -0.3 is 10.1 Å². The first-order valence-corrected chi connectivity index (χ1v) is 6.86. The Labute approximate surface area is 108 Å². The lowest BCUT2D eigenvalue weighted by Gasteiger charge is -2.20. The summed E-state index contributed by atoms with van der Waals surface area (Å²) in [4.78, 5) is 18.7. The highest BCUT2D eigenvalue weighted by Crippen LogP contribution is 2.33. The van der Waals surface area contributed by atoms with Crippen LogP contribution in [0.1, 0.15) is 62.2 Å². The van der Waals surface area contributed by atoms with Crippen LogP contribution in [0.2, 0.25) is 0 Å². The highest BCUT2D eigenvalue weighted by Gasteiger charge is 2.22. The van der Waals surface area contributed by atoms with Crippen molar-refractivity contribution in [2.75, 3.05) is 0 Å². The van der Waals surface area contributed by atoms with Crippen LogP contribution in [0.25, 0.3) is 0 Å². The van der Waals surface area contributed by atoms with Gasteiger partial charge in [0.25, 0.3) is 0 Å². The van der Waals surface area contributed by atoms with Crippen LogP contribution in [-0.2, 0) is 11.2 Å². The molecule has 2 N–H and O–H groups in total. The van der Waals surface area contributed by atoms with Crippen LogP contribution >= 0.6 is 0 Å². The molecule has 18 heavy (non-hydrogen) atoms. The molecule has 1 aliphatic carbocycles. The number of aliphatic carboxylic acids is 1. The lowest BCUT2D eigenvalue weighted by atomic mass is 9.86. The maximum absolute atomic E-state index is 10.9. The van der Waals surface area contributed by atoms with E-state index < -0.39 is 5.97 Å². The Hall–Kier alpha value is -1.32. The summed E-state index contributed by atoms with van der Waals surface area (Å²) in [7, 11) is 0. The number of H-pyrrole nitrogens is 1. The molecule has 0 saturated heterocycles. The Morgan fingerprint density at radius 2 is 2.11 bits per heavy atom. The van der Waals surface area contributed by atoms with Gasteiger partial charge in [0.05, 0.1) is 11.6 Å². The van der Waals surface area contributed by atoms with Crippen molar-refractivity contribution in [3.8, 4) is 0 Å². The van der Waals surface area contributed by atoms with Gasteiger partial charge in [-0.05, 0) is 19.8 Å². The molecule has 1 aliphatic rings. The normalized spacial score (nSPS) is 18.8. The molecule has 0 spiro atoms. The Balaban J connectivity index is 2.08. The van der Waals surface area contributed by atoms with Crippen LogP contribution < -0.4 is 0 Å². The maximum atomic E-state index is 10.9. The van der Waals surface area contributed by atoms with E-state index in [0.717, 1.165) is 11.5 Å². The summed E-state index contributed by atoms with van der Waals surface area (Å²) < 4.78 is 0. The Morgan fingerprint density at radius 1 is 1.44 bits per heavy atom. The van der Waals surface area contributed by atoms with Gasteiger partial charge in [-0.15, -0.1) is 0 Å². The van der Waals surface area contributed by atoms with Crippen LogP contribution in [-0.4, -0.2) is 21.0 Å². The van der Waals surface area contributed by atoms with Crippen molar-refractivity contribution in [2.45, 2.75) is 58.3 Å². The van der Waals surface area contributed by atoms with Crippen molar-refractivity contribution < 1.29 is 9.90 Å². The summed E-state index contributed by atoms with van der Waals surface area (Å²) in [6.07, 6.45) is 6.85. The predicted octanol–water partition coefficient (Wildman–Crippen LogP) is 3.03. The Kier molecular flexibility index (Phi) is 4.04. The summed E-state index contributed by atoms with van der Waals surface area (Å²) in [5, 5.41) is 8.93. The van der Waals surface area contributed by atoms with Crippen molar-refractivity contribution in [1.82, 2.24) is 9.97 Å². The average Bonchev–Trinajstić information content (AvgIpc) is 2.71. The largest absolute Gasteiger partial charge is 0.481 e. The second-order valence-corrected chi connectivity index (χ2v) is 5.47. The molecule has 1 saturated carbocycles. The van der Waals surface area contributed by atoms with E-state index in [2.05, 4.69) is 9.97 Å². The van der Waals surface area contributed by atoms with E-state index in [1.165, 1.54) is 37.8 Å². The van der Waals surface area contributed by atoms with E-state index in [9.17, 15) is 4.79 Å². The first-order chi connectivity index (χ1) is 8.58. The lowest BCUT2D eigenvalue weighted by Crippen LogP contribution is -2.13. The van der Waals surface area contributed by atoms with E-state index in [-0.39, 0.29) is 5.92 Å². The van der Waals surface area contributed by atoms with Gasteiger partial charge in [-0.25, -0.2) is 4.98 Å². The fourth-order valence-corrected chi connectivity index (χ4v) is 2.79. The van der Waals surface area contributed by atoms with Gasteiger partial charge in [0.1, 0.15) is 5.82 Å². The van der Waals surface area contributed by atoms with Gasteiger partial charge >= 0.3 is 5.97 Å². The smallest absolute Gasteiger partial charge is 0.306 e. The number of carbonyl (C=O) groups is 1. The Bertz CT molecular complexity index is 419. The van der Waals surface area contributed by atoms with Gasteiger partial charge in [-0.1, -0.05) is 26.2 Å². The molecule has 1 unspecified atom stereocenters. The SMILES string of the molecule is Cc1[nH]c(CC(C)C(=O)O)nc1C1CCCCC1. The molecule has 1 aromatic heterocycles. The zero-order chi connectivity index (χ0) is 13.1. The number of hydrogen-bond acceptors (Lipinski definition) is 2. The molecule has 4 nitrogen and oxygen atoms in total. The number of carboxylic acids is 1. The molecule has 0 amide bonds. The molecule has 100 valence electrons. The predicted molar refractivity (Wildman–Crippen MR) is 69.7 cm³/mol. The number of nitrogens with zero attached hydrogens (tertiary/aromatic N) is 1. The summed E-state index contributed by atoms with van der Waals surface area (Å²) in [5.74, 6) is 0.255. The van der Waals surface area contributed by atoms with Gasteiger partial charge in [0.2, 0.25) is 0 Å². The summed E-state index contributed by atoms with van der Waals surface area (Å²) >= 11 is 0. The highest BCUT2D eigenvalue weighted by molar-refractivity contribution is 5.69. The van der Waals surface area contributed by atoms with Crippen LogP contribution in [0.4, 0.5) is 0 Å². The zero-order valence-electron chi connectivity index (χ0n) is 11.2. The van der Waals surface area contributed by atoms with Gasteiger partial charge in [-0.3, -0.25) is 4.79 Å². The zero-order valence-corrected chi connectivity index (χ0v) is 11.2. The monoisotopic (exact) mass is 250 g/mol. The van der Waals surface area contributed by atoms with E-state index >= 15 is 0 Å². The molecule has 1 fully saturated rings. The summed E-state index contributed by atoms with van der Waals surface area (Å²) in [5.41, 5.74) is 2.29. The molecule has 2 rings (SSSR count). The standard InChI is InChI=1S/C14H22N2O2/c1-9(14(17)18)8-12-15-10(2)13(16-12)11-6-4-3-5-7-11/h9,11H,3-8H2,1-2H3,(H,15,16)(H,17,18). The maximum Gasteiger partial charge on any atom is 0.306 e. The molecule has 0 radical (unpaired) electrons. The van der Waals surface area contributed by atoms with Crippen molar-refractivity contribution in [3.63, 3.8) is 0 Å². The van der Waals surface area contributed by atoms with Crippen molar-refractivity contribution in [2.24, 2.45) is 5.92 Å². The van der Waals surface area contributed by atoms with Crippen molar-refractivity contribution >= 4 is 5.97 Å². The van der Waals surface area contributed by atoms with E-state index in [1.807, 2.05) is 6.92 Å². The first-order valence-electron chi connectivity index (χ1n) is 6.86. The number of aromatic amines is 1. The van der Waals surface area contributed by atoms with Crippen molar-refractivity contribution in [1.29, 1.82) is 0 Å². The average molecular weight is 250 g/mol. The second-order valence-electron chi connectivity index (χ2n) is 5.47. The number of aromatic nitrogens is 2. The molecule has 0 aromatic carbocycles. The number of hydrogen-bond donors (Lipinski definition) is 2. The van der Waals surface area contributed by atoms with Gasteiger partial charge in [-0.2, -0.15) is 0 Å². The number of rotatable bonds is 4. The molecule has 4 heteroatoms. The van der Waals surface area contributed by atoms with Crippen LogP contribution in [0, 0.1) is 12.8 Å². The molecule has 1 heterocycles. The van der Waals surface area contributed by atoms with Crippen LogP contribution in [0.5, 0.6) is 0 Å². The molecule has 1 aromatic rings. The third-order valence-electron chi connectivity index (χ3n) is 3.88. The highest BCUT2D eigenvalue weighted by atomic mass is 16.4. The fourth-order valence-electron chi connectivity index (χ4n) is 2.79. The number of imidazole rings is 1. The van der Waals surface area contributed by atoms with Crippen LogP contribution in [0.15, 0.2) is 0 Å². The molecule has 0 aliphatic heterocycles. The third-order valence-corrected chi connectivity index (χ3v) is 3.88. The molecule has 0 bridgehead atoms. The van der Waals surface area contributed by atoms with Crippen LogP contribution in [0.3, 0.4) is 0 Å². The van der Waals surface area contributed by atoms with Gasteiger partial charge in [0.15, 0.2) is 0 Å². The third kappa shape index (κ3) is 2.92. The second kappa shape index (κ2) is 5.55. The number of carboxylic acid groups (broad SMARTS) is 1. The quantitative estimate of drug-likeness (QED) is 0.863. The topological polar surface area (TPSA) is 66.0 Å². The minimum atomic E-state index is -0.761. The first kappa shape index (κ1) is 13.1. The minimum Gasteiger partial charge on any atom is -0.481 e. The molecule has 1 atom stereocenters. The van der Waals surface area contributed by atoms with E-state index in [0.29, 0.717) is 12.3 Å². The summed E-state index contributed by atoms with van der Waals surface area (Å²) in [6, 6.07) is 0. The fraction of sp³-hybridized carbons (Fsp3) is 0.714. The van der Waals surface area contributed by atoms with E-state index in [4.69, 9.17) is 5.11 Å². The number of aryl methyl sites for hydroxylation is 1. The minimum absolute atomic E-state index is 0.380.